The number of piperazine rings is 1. The molecule has 146 valence electrons. The van der Waals surface area contributed by atoms with E-state index in [1.807, 2.05) is 9.58 Å². The summed E-state index contributed by atoms with van der Waals surface area (Å²) in [5, 5.41) is 4.48. The molecule has 0 bridgehead atoms. The molecule has 0 N–H and O–H groups in total. The van der Waals surface area contributed by atoms with Crippen LogP contribution in [0.15, 0.2) is 35.4 Å². The van der Waals surface area contributed by atoms with E-state index in [4.69, 9.17) is 0 Å². The zero-order valence-electron chi connectivity index (χ0n) is 15.5. The Morgan fingerprint density at radius 2 is 1.74 bits per heavy atom. The summed E-state index contributed by atoms with van der Waals surface area (Å²) in [5.41, 5.74) is 1.08. The number of rotatable bonds is 4. The Bertz CT molecular complexity index is 914. The molecule has 2 heterocycles. The van der Waals surface area contributed by atoms with Crippen molar-refractivity contribution in [2.45, 2.75) is 43.5 Å². The fraction of sp³-hybridized carbons (Fsp3) is 0.526. The number of hydrogen-bond acceptors (Lipinski definition) is 4. The van der Waals surface area contributed by atoms with Gasteiger partial charge in [-0.3, -0.25) is 4.68 Å². The second-order valence-electron chi connectivity index (χ2n) is 7.34. The van der Waals surface area contributed by atoms with E-state index in [1.165, 1.54) is 23.2 Å². The van der Waals surface area contributed by atoms with Crippen LogP contribution in [-0.2, 0) is 10.0 Å². The van der Waals surface area contributed by atoms with E-state index in [0.717, 1.165) is 12.8 Å². The average molecular weight is 393 g/mol. The third kappa shape index (κ3) is 3.48. The molecule has 1 saturated carbocycles. The quantitative estimate of drug-likeness (QED) is 0.803. The SMILES string of the molecule is Cc1nn(C2CCCC2)cc1S(=O)(=O)N1CCN(c2ccccc2F)CC1. The fourth-order valence-corrected chi connectivity index (χ4v) is 5.67. The Balaban J connectivity index is 1.50. The monoisotopic (exact) mass is 392 g/mol. The lowest BCUT2D eigenvalue weighted by Crippen LogP contribution is -2.49. The molecule has 0 atom stereocenters. The normalized spacial score (nSPS) is 19.7. The lowest BCUT2D eigenvalue weighted by molar-refractivity contribution is 0.383. The van der Waals surface area contributed by atoms with E-state index in [1.54, 1.807) is 31.3 Å². The second-order valence-corrected chi connectivity index (χ2v) is 9.25. The molecule has 2 aliphatic rings. The highest BCUT2D eigenvalue weighted by atomic mass is 32.2. The molecule has 27 heavy (non-hydrogen) atoms. The molecule has 8 heteroatoms. The summed E-state index contributed by atoms with van der Waals surface area (Å²) in [6.45, 7) is 3.37. The molecular weight excluding hydrogens is 367 g/mol. The van der Waals surface area contributed by atoms with Crippen LogP contribution >= 0.6 is 0 Å². The van der Waals surface area contributed by atoms with E-state index in [2.05, 4.69) is 5.10 Å². The minimum Gasteiger partial charge on any atom is -0.367 e. The summed E-state index contributed by atoms with van der Waals surface area (Å²) in [5.74, 6) is -0.275. The maximum Gasteiger partial charge on any atom is 0.246 e. The first-order valence-electron chi connectivity index (χ1n) is 9.52. The average Bonchev–Trinajstić information content (AvgIpc) is 3.32. The van der Waals surface area contributed by atoms with Gasteiger partial charge in [0.1, 0.15) is 10.7 Å². The molecule has 0 amide bonds. The van der Waals surface area contributed by atoms with Crippen molar-refractivity contribution < 1.29 is 12.8 Å². The van der Waals surface area contributed by atoms with Crippen LogP contribution in [0.4, 0.5) is 10.1 Å². The van der Waals surface area contributed by atoms with E-state index < -0.39 is 10.0 Å². The summed E-state index contributed by atoms with van der Waals surface area (Å²) in [6, 6.07) is 6.92. The van der Waals surface area contributed by atoms with E-state index >= 15 is 0 Å². The first kappa shape index (κ1) is 18.4. The van der Waals surface area contributed by atoms with Crippen molar-refractivity contribution in [1.29, 1.82) is 0 Å². The summed E-state index contributed by atoms with van der Waals surface area (Å²) < 4.78 is 43.6. The lowest BCUT2D eigenvalue weighted by Gasteiger charge is -2.35. The number of nitrogens with zero attached hydrogens (tertiary/aromatic N) is 4. The molecule has 1 aliphatic carbocycles. The second kappa shape index (κ2) is 7.24. The van der Waals surface area contributed by atoms with Gasteiger partial charge >= 0.3 is 0 Å². The van der Waals surface area contributed by atoms with Gasteiger partial charge in [-0.05, 0) is 31.9 Å². The summed E-state index contributed by atoms with van der Waals surface area (Å²) >= 11 is 0. The molecule has 6 nitrogen and oxygen atoms in total. The standard InChI is InChI=1S/C19H25FN4O2S/c1-15-19(14-24(21-15)16-6-2-3-7-16)27(25,26)23-12-10-22(11-13-23)18-9-5-4-8-17(18)20/h4-5,8-9,14,16H,2-3,6-7,10-13H2,1H3. The number of aryl methyl sites for hydroxylation is 1. The largest absolute Gasteiger partial charge is 0.367 e. The van der Waals surface area contributed by atoms with Crippen molar-refractivity contribution >= 4 is 15.7 Å². The van der Waals surface area contributed by atoms with Gasteiger partial charge in [-0.15, -0.1) is 0 Å². The number of halogens is 1. The molecule has 0 radical (unpaired) electrons. The highest BCUT2D eigenvalue weighted by Gasteiger charge is 2.32. The Kier molecular flexibility index (Phi) is 4.94. The van der Waals surface area contributed by atoms with Crippen LogP contribution in [0.3, 0.4) is 0 Å². The number of para-hydroxylation sites is 1. The first-order chi connectivity index (χ1) is 13.0. The van der Waals surface area contributed by atoms with Gasteiger partial charge in [0.2, 0.25) is 10.0 Å². The minimum absolute atomic E-state index is 0.275. The number of sulfonamides is 1. The Hall–Kier alpha value is -1.93. The molecule has 2 fully saturated rings. The lowest BCUT2D eigenvalue weighted by atomic mass is 10.2. The molecule has 0 spiro atoms. The van der Waals surface area contributed by atoms with Crippen molar-refractivity contribution in [2.24, 2.45) is 0 Å². The third-order valence-corrected chi connectivity index (χ3v) is 7.62. The van der Waals surface area contributed by atoms with Gasteiger partial charge in [0, 0.05) is 32.4 Å². The molecule has 1 aliphatic heterocycles. The van der Waals surface area contributed by atoms with Crippen LogP contribution in [0.2, 0.25) is 0 Å². The van der Waals surface area contributed by atoms with Crippen LogP contribution in [0.1, 0.15) is 37.4 Å². The predicted octanol–water partition coefficient (Wildman–Crippen LogP) is 2.96. The molecule has 1 saturated heterocycles. The highest BCUT2D eigenvalue weighted by molar-refractivity contribution is 7.89. The van der Waals surface area contributed by atoms with Gasteiger partial charge in [0.25, 0.3) is 0 Å². The van der Waals surface area contributed by atoms with Crippen LogP contribution in [0.25, 0.3) is 0 Å². The topological polar surface area (TPSA) is 58.4 Å². The molecular formula is C19H25FN4O2S. The Labute approximate surface area is 159 Å². The predicted molar refractivity (Wildman–Crippen MR) is 102 cm³/mol. The highest BCUT2D eigenvalue weighted by Crippen LogP contribution is 2.31. The van der Waals surface area contributed by atoms with Gasteiger partial charge < -0.3 is 4.90 Å². The summed E-state index contributed by atoms with van der Waals surface area (Å²) in [6.07, 6.45) is 6.15. The van der Waals surface area contributed by atoms with Crippen molar-refractivity contribution in [3.8, 4) is 0 Å². The minimum atomic E-state index is -3.59. The molecule has 4 rings (SSSR count). The number of aromatic nitrogens is 2. The number of anilines is 1. The maximum atomic E-state index is 14.0. The Morgan fingerprint density at radius 3 is 2.41 bits per heavy atom. The Morgan fingerprint density at radius 1 is 1.07 bits per heavy atom. The van der Waals surface area contributed by atoms with Gasteiger partial charge in [-0.1, -0.05) is 25.0 Å². The van der Waals surface area contributed by atoms with Gasteiger partial charge in [0.15, 0.2) is 0 Å². The van der Waals surface area contributed by atoms with Crippen molar-refractivity contribution in [2.75, 3.05) is 31.1 Å². The molecule has 1 aromatic carbocycles. The number of hydrogen-bond donors (Lipinski definition) is 0. The number of benzene rings is 1. The third-order valence-electron chi connectivity index (χ3n) is 5.62. The van der Waals surface area contributed by atoms with Crippen molar-refractivity contribution in [1.82, 2.24) is 14.1 Å². The van der Waals surface area contributed by atoms with E-state index in [0.29, 0.717) is 48.5 Å². The van der Waals surface area contributed by atoms with Gasteiger partial charge in [-0.2, -0.15) is 9.40 Å². The zero-order chi connectivity index (χ0) is 19.0. The smallest absolute Gasteiger partial charge is 0.246 e. The van der Waals surface area contributed by atoms with Crippen LogP contribution in [0.5, 0.6) is 0 Å². The van der Waals surface area contributed by atoms with E-state index in [-0.39, 0.29) is 5.82 Å². The summed E-state index contributed by atoms with van der Waals surface area (Å²) in [4.78, 5) is 2.20. The van der Waals surface area contributed by atoms with Gasteiger partial charge in [0.05, 0.1) is 17.4 Å². The van der Waals surface area contributed by atoms with Crippen LogP contribution < -0.4 is 4.90 Å². The summed E-state index contributed by atoms with van der Waals surface area (Å²) in [7, 11) is -3.59. The van der Waals surface area contributed by atoms with Crippen LogP contribution in [-0.4, -0.2) is 48.7 Å². The maximum absolute atomic E-state index is 14.0. The van der Waals surface area contributed by atoms with Crippen LogP contribution in [0, 0.1) is 12.7 Å². The van der Waals surface area contributed by atoms with Gasteiger partial charge in [-0.25, -0.2) is 12.8 Å². The van der Waals surface area contributed by atoms with Crippen molar-refractivity contribution in [3.05, 3.63) is 42.0 Å². The van der Waals surface area contributed by atoms with E-state index in [9.17, 15) is 12.8 Å². The first-order valence-corrected chi connectivity index (χ1v) is 11.0. The molecule has 1 aromatic heterocycles. The fourth-order valence-electron chi connectivity index (χ4n) is 4.09. The zero-order valence-corrected chi connectivity index (χ0v) is 16.3. The molecule has 0 unspecified atom stereocenters. The molecule has 2 aromatic rings. The van der Waals surface area contributed by atoms with Crippen molar-refractivity contribution in [3.63, 3.8) is 0 Å².